The van der Waals surface area contributed by atoms with Crippen molar-refractivity contribution < 1.29 is 9.53 Å². The molecule has 0 aliphatic heterocycles. The third kappa shape index (κ3) is 4.04. The highest BCUT2D eigenvalue weighted by atomic mass is 79.9. The fraction of sp³-hybridized carbons (Fsp3) is 0.692. The van der Waals surface area contributed by atoms with Crippen LogP contribution in [0, 0.1) is 0 Å². The number of carbonyl (C=O) groups is 1. The molecule has 0 atom stereocenters. The third-order valence-corrected chi connectivity index (χ3v) is 4.01. The van der Waals surface area contributed by atoms with Crippen molar-refractivity contribution in [1.29, 1.82) is 0 Å². The van der Waals surface area contributed by atoms with Gasteiger partial charge in [0.2, 0.25) is 0 Å². The molecule has 0 aliphatic rings. The summed E-state index contributed by atoms with van der Waals surface area (Å²) >= 11 is 3.62. The Balaban J connectivity index is 2.89. The predicted molar refractivity (Wildman–Crippen MR) is 77.9 cm³/mol. The van der Waals surface area contributed by atoms with Gasteiger partial charge in [0.25, 0.3) is 0 Å². The van der Waals surface area contributed by atoms with E-state index in [0.717, 1.165) is 35.4 Å². The number of aryl methyl sites for hydroxylation is 2. The molecule has 0 amide bonds. The van der Waals surface area contributed by atoms with Gasteiger partial charge in [0.05, 0.1) is 29.5 Å². The number of hydrogen-bond donors (Lipinski definition) is 0. The van der Waals surface area contributed by atoms with Gasteiger partial charge >= 0.3 is 5.97 Å². The molecule has 1 aromatic rings. The summed E-state index contributed by atoms with van der Waals surface area (Å²) in [5.74, 6) is -0.212. The highest BCUT2D eigenvalue weighted by Gasteiger charge is 2.18. The molecule has 0 unspecified atom stereocenters. The summed E-state index contributed by atoms with van der Waals surface area (Å²) in [6.45, 7) is 8.79. The van der Waals surface area contributed by atoms with Crippen molar-refractivity contribution in [2.24, 2.45) is 0 Å². The Morgan fingerprint density at radius 2 is 2.11 bits per heavy atom. The van der Waals surface area contributed by atoms with Crippen LogP contribution in [0.15, 0.2) is 4.47 Å². The Bertz CT molecular complexity index is 432. The molecular weight excluding hydrogens is 310 g/mol. The van der Waals surface area contributed by atoms with Crippen LogP contribution >= 0.6 is 15.9 Å². The molecule has 5 nitrogen and oxygen atoms in total. The van der Waals surface area contributed by atoms with Gasteiger partial charge in [-0.05, 0) is 35.8 Å². The molecule has 0 aromatic carbocycles. The summed E-state index contributed by atoms with van der Waals surface area (Å²) < 4.78 is 7.76. The maximum atomic E-state index is 11.4. The van der Waals surface area contributed by atoms with Gasteiger partial charge in [-0.25, -0.2) is 0 Å². The van der Waals surface area contributed by atoms with E-state index in [-0.39, 0.29) is 5.97 Å². The van der Waals surface area contributed by atoms with Gasteiger partial charge < -0.3 is 4.74 Å². The van der Waals surface area contributed by atoms with Crippen molar-refractivity contribution >= 4 is 21.9 Å². The van der Waals surface area contributed by atoms with E-state index in [1.165, 1.54) is 7.11 Å². The first-order valence-corrected chi connectivity index (χ1v) is 7.39. The highest BCUT2D eigenvalue weighted by molar-refractivity contribution is 9.10. The van der Waals surface area contributed by atoms with E-state index >= 15 is 0 Å². The smallest absolute Gasteiger partial charge is 0.319 e. The summed E-state index contributed by atoms with van der Waals surface area (Å²) in [4.78, 5) is 13.4. The summed E-state index contributed by atoms with van der Waals surface area (Å²) in [5, 5.41) is 4.56. The lowest BCUT2D eigenvalue weighted by Gasteiger charge is -2.19. The highest BCUT2D eigenvalue weighted by Crippen LogP contribution is 2.23. The quantitative estimate of drug-likeness (QED) is 0.719. The second-order valence-corrected chi connectivity index (χ2v) is 5.05. The van der Waals surface area contributed by atoms with Crippen LogP contribution in [0.4, 0.5) is 0 Å². The van der Waals surface area contributed by atoms with Crippen LogP contribution < -0.4 is 0 Å². The molecule has 1 rings (SSSR count). The molecule has 1 aromatic heterocycles. The fourth-order valence-electron chi connectivity index (χ4n) is 1.91. The average molecular weight is 332 g/mol. The molecule has 0 saturated heterocycles. The van der Waals surface area contributed by atoms with E-state index in [1.807, 2.05) is 16.5 Å². The number of hydrogen-bond acceptors (Lipinski definition) is 4. The number of ether oxygens (including phenoxy) is 1. The lowest BCUT2D eigenvalue weighted by molar-refractivity contribution is -0.142. The van der Waals surface area contributed by atoms with Crippen molar-refractivity contribution in [2.75, 3.05) is 20.2 Å². The maximum Gasteiger partial charge on any atom is 0.319 e. The molecule has 0 aliphatic carbocycles. The SMILES string of the molecule is CCc1nn(CC)c(CN(CC)CC(=O)OC)c1Br. The van der Waals surface area contributed by atoms with Gasteiger partial charge in [-0.1, -0.05) is 13.8 Å². The Hall–Kier alpha value is -0.880. The summed E-state index contributed by atoms with van der Waals surface area (Å²) in [5.41, 5.74) is 2.18. The molecule has 0 radical (unpaired) electrons. The third-order valence-electron chi connectivity index (χ3n) is 3.10. The Labute approximate surface area is 123 Å². The fourth-order valence-corrected chi connectivity index (χ4v) is 2.60. The van der Waals surface area contributed by atoms with Crippen LogP contribution in [-0.2, 0) is 29.0 Å². The molecular formula is C13H22BrN3O2. The summed E-state index contributed by atoms with van der Waals surface area (Å²) in [6.07, 6.45) is 0.893. The summed E-state index contributed by atoms with van der Waals surface area (Å²) in [6, 6.07) is 0. The number of carbonyl (C=O) groups excluding carboxylic acids is 1. The zero-order valence-corrected chi connectivity index (χ0v) is 13.7. The minimum absolute atomic E-state index is 0.212. The van der Waals surface area contributed by atoms with Crippen molar-refractivity contribution in [3.8, 4) is 0 Å². The number of esters is 1. The van der Waals surface area contributed by atoms with E-state index in [4.69, 9.17) is 4.74 Å². The molecule has 0 bridgehead atoms. The van der Waals surface area contributed by atoms with Gasteiger partial charge in [0.15, 0.2) is 0 Å². The largest absolute Gasteiger partial charge is 0.468 e. The number of aromatic nitrogens is 2. The topological polar surface area (TPSA) is 47.4 Å². The van der Waals surface area contributed by atoms with Gasteiger partial charge in [0.1, 0.15) is 0 Å². The van der Waals surface area contributed by atoms with Gasteiger partial charge in [-0.15, -0.1) is 0 Å². The van der Waals surface area contributed by atoms with Gasteiger partial charge in [-0.3, -0.25) is 14.4 Å². The number of halogens is 1. The number of nitrogens with zero attached hydrogens (tertiary/aromatic N) is 3. The first kappa shape index (κ1) is 16.2. The molecule has 6 heteroatoms. The average Bonchev–Trinajstić information content (AvgIpc) is 2.73. The van der Waals surface area contributed by atoms with Gasteiger partial charge in [-0.2, -0.15) is 5.10 Å². The number of rotatable bonds is 7. The van der Waals surface area contributed by atoms with Crippen molar-refractivity contribution in [3.05, 3.63) is 15.9 Å². The minimum Gasteiger partial charge on any atom is -0.468 e. The van der Waals surface area contributed by atoms with E-state index in [1.54, 1.807) is 0 Å². The van der Waals surface area contributed by atoms with Crippen LogP contribution in [0.2, 0.25) is 0 Å². The van der Waals surface area contributed by atoms with E-state index in [2.05, 4.69) is 34.9 Å². The van der Waals surface area contributed by atoms with E-state index in [0.29, 0.717) is 13.1 Å². The standard InChI is InChI=1S/C13H22BrN3O2/c1-5-10-13(14)11(17(7-3)15-10)8-16(6-2)9-12(18)19-4/h5-9H2,1-4H3. The van der Waals surface area contributed by atoms with Gasteiger partial charge in [0, 0.05) is 13.1 Å². The normalized spacial score (nSPS) is 11.1. The second-order valence-electron chi connectivity index (χ2n) is 4.26. The maximum absolute atomic E-state index is 11.4. The zero-order chi connectivity index (χ0) is 14.4. The van der Waals surface area contributed by atoms with Crippen LogP contribution in [0.1, 0.15) is 32.2 Å². The monoisotopic (exact) mass is 331 g/mol. The molecule has 108 valence electrons. The van der Waals surface area contributed by atoms with Crippen molar-refractivity contribution in [2.45, 2.75) is 40.3 Å². The lowest BCUT2D eigenvalue weighted by atomic mass is 10.3. The van der Waals surface area contributed by atoms with E-state index in [9.17, 15) is 4.79 Å². The van der Waals surface area contributed by atoms with Crippen LogP contribution in [0.3, 0.4) is 0 Å². The van der Waals surface area contributed by atoms with Crippen molar-refractivity contribution in [1.82, 2.24) is 14.7 Å². The Kier molecular flexibility index (Phi) is 6.51. The first-order chi connectivity index (χ1) is 9.07. The lowest BCUT2D eigenvalue weighted by Crippen LogP contribution is -2.31. The van der Waals surface area contributed by atoms with Crippen molar-refractivity contribution in [3.63, 3.8) is 0 Å². The van der Waals surface area contributed by atoms with Crippen LogP contribution in [-0.4, -0.2) is 40.8 Å². The molecule has 0 saturated carbocycles. The Morgan fingerprint density at radius 1 is 1.42 bits per heavy atom. The zero-order valence-electron chi connectivity index (χ0n) is 12.1. The predicted octanol–water partition coefficient (Wildman–Crippen LogP) is 2.22. The molecule has 1 heterocycles. The number of likely N-dealkylation sites (N-methyl/N-ethyl adjacent to an activating group) is 1. The van der Waals surface area contributed by atoms with Crippen LogP contribution in [0.25, 0.3) is 0 Å². The molecule has 0 spiro atoms. The molecule has 0 fully saturated rings. The molecule has 19 heavy (non-hydrogen) atoms. The Morgan fingerprint density at radius 3 is 2.58 bits per heavy atom. The number of methoxy groups -OCH3 is 1. The van der Waals surface area contributed by atoms with E-state index < -0.39 is 0 Å². The second kappa shape index (κ2) is 7.65. The first-order valence-electron chi connectivity index (χ1n) is 6.60. The summed E-state index contributed by atoms with van der Waals surface area (Å²) in [7, 11) is 1.41. The minimum atomic E-state index is -0.212. The van der Waals surface area contributed by atoms with Crippen LogP contribution in [0.5, 0.6) is 0 Å². The molecule has 0 N–H and O–H groups in total.